The number of nitrogens with one attached hydrogen (secondary N) is 1. The molecule has 0 unspecified atom stereocenters. The lowest BCUT2D eigenvalue weighted by Crippen LogP contribution is -2.57. The Morgan fingerprint density at radius 2 is 1.90 bits per heavy atom. The monoisotopic (exact) mass is 373 g/mol. The minimum absolute atomic E-state index is 0.170. The number of nitrogens with zero attached hydrogens (tertiary/aromatic N) is 2. The first-order chi connectivity index (χ1) is 9.88. The molecule has 1 heterocycles. The molecule has 5 heteroatoms. The van der Waals surface area contributed by atoms with Crippen LogP contribution in [0.1, 0.15) is 19.4 Å². The van der Waals surface area contributed by atoms with Crippen LogP contribution in [-0.2, 0) is 6.54 Å². The van der Waals surface area contributed by atoms with Crippen LogP contribution in [0.2, 0.25) is 5.02 Å². The second-order valence-corrected chi connectivity index (χ2v) is 7.76. The highest BCUT2D eigenvalue weighted by atomic mass is 79.9. The minimum atomic E-state index is 0.170. The van der Waals surface area contributed by atoms with Crippen LogP contribution in [-0.4, -0.2) is 55.1 Å². The predicted octanol–water partition coefficient (Wildman–Crippen LogP) is 3.22. The SMILES string of the molecule is CN1CCN(C(C)(C)CNCc2ccc(Br)cc2Cl)CC1. The molecular formula is C16H25BrClN3. The lowest BCUT2D eigenvalue weighted by Gasteiger charge is -2.43. The number of hydrogen-bond acceptors (Lipinski definition) is 3. The van der Waals surface area contributed by atoms with Gasteiger partial charge in [0, 0.05) is 54.3 Å². The van der Waals surface area contributed by atoms with Gasteiger partial charge in [0.25, 0.3) is 0 Å². The van der Waals surface area contributed by atoms with Gasteiger partial charge in [-0.15, -0.1) is 0 Å². The Balaban J connectivity index is 1.84. The average molecular weight is 375 g/mol. The summed E-state index contributed by atoms with van der Waals surface area (Å²) in [6, 6.07) is 6.06. The number of rotatable bonds is 5. The van der Waals surface area contributed by atoms with Gasteiger partial charge < -0.3 is 10.2 Å². The number of piperazine rings is 1. The van der Waals surface area contributed by atoms with Crippen molar-refractivity contribution in [3.05, 3.63) is 33.3 Å². The van der Waals surface area contributed by atoms with E-state index in [1.54, 1.807) is 0 Å². The Bertz CT molecular complexity index is 471. The highest BCUT2D eigenvalue weighted by Crippen LogP contribution is 2.21. The maximum atomic E-state index is 6.26. The number of hydrogen-bond donors (Lipinski definition) is 1. The van der Waals surface area contributed by atoms with Crippen LogP contribution < -0.4 is 5.32 Å². The van der Waals surface area contributed by atoms with Crippen molar-refractivity contribution in [2.24, 2.45) is 0 Å². The van der Waals surface area contributed by atoms with Gasteiger partial charge in [-0.2, -0.15) is 0 Å². The van der Waals surface area contributed by atoms with Gasteiger partial charge in [0.2, 0.25) is 0 Å². The predicted molar refractivity (Wildman–Crippen MR) is 94.0 cm³/mol. The molecule has 1 aliphatic heterocycles. The van der Waals surface area contributed by atoms with Crippen LogP contribution in [0.25, 0.3) is 0 Å². The highest BCUT2D eigenvalue weighted by Gasteiger charge is 2.28. The van der Waals surface area contributed by atoms with E-state index < -0.39 is 0 Å². The Morgan fingerprint density at radius 1 is 1.24 bits per heavy atom. The molecule has 0 amide bonds. The van der Waals surface area contributed by atoms with Crippen LogP contribution in [0.15, 0.2) is 22.7 Å². The highest BCUT2D eigenvalue weighted by molar-refractivity contribution is 9.10. The molecule has 3 nitrogen and oxygen atoms in total. The fraction of sp³-hybridized carbons (Fsp3) is 0.625. The molecule has 0 bridgehead atoms. The molecule has 1 fully saturated rings. The molecule has 1 aromatic carbocycles. The third kappa shape index (κ3) is 4.93. The minimum Gasteiger partial charge on any atom is -0.311 e. The third-order valence-corrected chi connectivity index (χ3v) is 5.09. The first-order valence-corrected chi connectivity index (χ1v) is 8.64. The molecule has 0 radical (unpaired) electrons. The molecule has 0 aromatic heterocycles. The zero-order valence-electron chi connectivity index (χ0n) is 13.1. The van der Waals surface area contributed by atoms with Crippen molar-refractivity contribution in [2.75, 3.05) is 39.8 Å². The zero-order valence-corrected chi connectivity index (χ0v) is 15.5. The van der Waals surface area contributed by atoms with Crippen LogP contribution in [0.4, 0.5) is 0 Å². The van der Waals surface area contributed by atoms with E-state index in [0.717, 1.165) is 54.3 Å². The molecule has 1 aliphatic rings. The smallest absolute Gasteiger partial charge is 0.0462 e. The van der Waals surface area contributed by atoms with Crippen molar-refractivity contribution >= 4 is 27.5 Å². The number of benzene rings is 1. The summed E-state index contributed by atoms with van der Waals surface area (Å²) in [6.45, 7) is 11.0. The molecule has 1 saturated heterocycles. The summed E-state index contributed by atoms with van der Waals surface area (Å²) in [5.74, 6) is 0. The van der Waals surface area contributed by atoms with Gasteiger partial charge in [-0.05, 0) is 38.6 Å². The standard InChI is InChI=1S/C16H25BrClN3/c1-16(2,21-8-6-20(3)7-9-21)12-19-11-13-4-5-14(17)10-15(13)18/h4-5,10,19H,6-9,11-12H2,1-3H3. The fourth-order valence-electron chi connectivity index (χ4n) is 2.69. The second kappa shape index (κ2) is 7.42. The van der Waals surface area contributed by atoms with E-state index in [4.69, 9.17) is 11.6 Å². The van der Waals surface area contributed by atoms with Crippen molar-refractivity contribution in [1.82, 2.24) is 15.1 Å². The molecule has 1 aromatic rings. The molecule has 0 spiro atoms. The molecule has 118 valence electrons. The van der Waals surface area contributed by atoms with Gasteiger partial charge >= 0.3 is 0 Å². The van der Waals surface area contributed by atoms with E-state index in [2.05, 4.69) is 58.0 Å². The quantitative estimate of drug-likeness (QED) is 0.854. The second-order valence-electron chi connectivity index (χ2n) is 6.44. The molecule has 0 atom stereocenters. The maximum Gasteiger partial charge on any atom is 0.0462 e. The maximum absolute atomic E-state index is 6.26. The molecule has 0 aliphatic carbocycles. The number of likely N-dealkylation sites (N-methyl/N-ethyl adjacent to an activating group) is 1. The summed E-state index contributed by atoms with van der Waals surface area (Å²) in [7, 11) is 2.19. The van der Waals surface area contributed by atoms with E-state index >= 15 is 0 Å². The Morgan fingerprint density at radius 3 is 2.52 bits per heavy atom. The van der Waals surface area contributed by atoms with E-state index in [0.29, 0.717) is 0 Å². The lowest BCUT2D eigenvalue weighted by atomic mass is 10.0. The summed E-state index contributed by atoms with van der Waals surface area (Å²) < 4.78 is 1.02. The Labute approximate surface area is 141 Å². The summed E-state index contributed by atoms with van der Waals surface area (Å²) in [5, 5.41) is 4.37. The van der Waals surface area contributed by atoms with Gasteiger partial charge in [-0.25, -0.2) is 0 Å². The Kier molecular flexibility index (Phi) is 6.09. The molecular weight excluding hydrogens is 350 g/mol. The summed E-state index contributed by atoms with van der Waals surface area (Å²) >= 11 is 9.70. The van der Waals surface area contributed by atoms with E-state index in [1.165, 1.54) is 0 Å². The molecule has 2 rings (SSSR count). The van der Waals surface area contributed by atoms with Gasteiger partial charge in [0.15, 0.2) is 0 Å². The third-order valence-electron chi connectivity index (χ3n) is 4.25. The molecule has 21 heavy (non-hydrogen) atoms. The average Bonchev–Trinajstić information content (AvgIpc) is 2.41. The van der Waals surface area contributed by atoms with Crippen molar-refractivity contribution in [1.29, 1.82) is 0 Å². The topological polar surface area (TPSA) is 18.5 Å². The Hall–Kier alpha value is -0.130. The van der Waals surface area contributed by atoms with Gasteiger partial charge in [-0.1, -0.05) is 33.6 Å². The fourth-order valence-corrected chi connectivity index (χ4v) is 3.43. The van der Waals surface area contributed by atoms with Crippen LogP contribution >= 0.6 is 27.5 Å². The van der Waals surface area contributed by atoms with E-state index in [-0.39, 0.29) is 5.54 Å². The number of halogens is 2. The van der Waals surface area contributed by atoms with Crippen molar-refractivity contribution in [3.63, 3.8) is 0 Å². The zero-order chi connectivity index (χ0) is 15.5. The molecule has 1 N–H and O–H groups in total. The van der Waals surface area contributed by atoms with Gasteiger partial charge in [0.05, 0.1) is 0 Å². The van der Waals surface area contributed by atoms with Crippen molar-refractivity contribution in [3.8, 4) is 0 Å². The van der Waals surface area contributed by atoms with Crippen LogP contribution in [0.3, 0.4) is 0 Å². The van der Waals surface area contributed by atoms with Crippen molar-refractivity contribution < 1.29 is 0 Å². The van der Waals surface area contributed by atoms with Gasteiger partial charge in [0.1, 0.15) is 0 Å². The largest absolute Gasteiger partial charge is 0.311 e. The summed E-state index contributed by atoms with van der Waals surface area (Å²) in [5.41, 5.74) is 1.32. The molecule has 0 saturated carbocycles. The van der Waals surface area contributed by atoms with E-state index in [9.17, 15) is 0 Å². The first-order valence-electron chi connectivity index (χ1n) is 7.47. The first kappa shape index (κ1) is 17.2. The van der Waals surface area contributed by atoms with Crippen LogP contribution in [0.5, 0.6) is 0 Å². The van der Waals surface area contributed by atoms with Gasteiger partial charge in [-0.3, -0.25) is 4.90 Å². The normalized spacial score (nSPS) is 18.1. The van der Waals surface area contributed by atoms with Crippen LogP contribution in [0, 0.1) is 0 Å². The van der Waals surface area contributed by atoms with E-state index in [1.807, 2.05) is 12.1 Å². The summed E-state index contributed by atoms with van der Waals surface area (Å²) in [4.78, 5) is 4.96. The summed E-state index contributed by atoms with van der Waals surface area (Å²) in [6.07, 6.45) is 0. The van der Waals surface area contributed by atoms with Crippen molar-refractivity contribution in [2.45, 2.75) is 25.9 Å². The lowest BCUT2D eigenvalue weighted by molar-refractivity contribution is 0.0618.